The number of hydrogen-bond donors (Lipinski definition) is 3. The van der Waals surface area contributed by atoms with Crippen LogP contribution >= 0.6 is 23.4 Å². The van der Waals surface area contributed by atoms with Crippen LogP contribution in [0.2, 0.25) is 5.02 Å². The van der Waals surface area contributed by atoms with Crippen LogP contribution in [0, 0.1) is 0 Å². The maximum absolute atomic E-state index is 13.1. The Hall–Kier alpha value is -4.35. The molecule has 2 aromatic carbocycles. The lowest BCUT2D eigenvalue weighted by molar-refractivity contribution is 0.262. The Balaban J connectivity index is 1.38. The molecule has 0 aliphatic rings. The topological polar surface area (TPSA) is 127 Å². The normalized spacial score (nSPS) is 11.4. The first-order chi connectivity index (χ1) is 19.1. The van der Waals surface area contributed by atoms with Gasteiger partial charge in [0.05, 0.1) is 28.3 Å². The fourth-order valence-corrected chi connectivity index (χ4v) is 4.67. The van der Waals surface area contributed by atoms with Crippen LogP contribution in [0.4, 0.5) is 16.3 Å². The number of fused-ring (bicyclic) bond motifs is 1. The van der Waals surface area contributed by atoms with Crippen molar-refractivity contribution in [1.82, 2.24) is 24.7 Å². The average Bonchev–Trinajstić information content (AvgIpc) is 3.33. The van der Waals surface area contributed by atoms with Gasteiger partial charge in [-0.3, -0.25) is 10.1 Å². The number of nitrogens with zero attached hydrogens (tertiary/aromatic N) is 4. The largest absolute Gasteiger partial charge is 0.455 e. The maximum atomic E-state index is 13.1. The predicted molar refractivity (Wildman–Crippen MR) is 158 cm³/mol. The number of H-pyrrole nitrogens is 1. The molecule has 0 radical (unpaired) electrons. The third-order valence-corrected chi connectivity index (χ3v) is 6.99. The molecule has 2 amide bonds. The number of carbonyl (C=O) groups is 1. The number of pyridine rings is 1. The van der Waals surface area contributed by atoms with Crippen molar-refractivity contribution in [3.05, 3.63) is 88.1 Å². The van der Waals surface area contributed by atoms with E-state index in [4.69, 9.17) is 21.4 Å². The van der Waals surface area contributed by atoms with Gasteiger partial charge in [0, 0.05) is 28.6 Å². The quantitative estimate of drug-likeness (QED) is 0.194. The minimum atomic E-state index is -0.439. The van der Waals surface area contributed by atoms with E-state index in [1.54, 1.807) is 28.9 Å². The number of carbonyl (C=O) groups excluding carboxylic acids is 1. The van der Waals surface area contributed by atoms with Crippen molar-refractivity contribution in [3.63, 3.8) is 0 Å². The monoisotopic (exact) mass is 575 g/mol. The van der Waals surface area contributed by atoms with Gasteiger partial charge in [0.2, 0.25) is 0 Å². The second-order valence-corrected chi connectivity index (χ2v) is 11.1. The molecular formula is C28H26ClN7O3S. The summed E-state index contributed by atoms with van der Waals surface area (Å²) < 4.78 is 7.68. The first-order valence-electron chi connectivity index (χ1n) is 12.3. The van der Waals surface area contributed by atoms with Gasteiger partial charge in [0.1, 0.15) is 17.1 Å². The van der Waals surface area contributed by atoms with Crippen LogP contribution in [0.1, 0.15) is 26.5 Å². The number of anilines is 2. The van der Waals surface area contributed by atoms with Crippen molar-refractivity contribution in [3.8, 4) is 17.2 Å². The lowest BCUT2D eigenvalue weighted by Crippen LogP contribution is -2.21. The number of halogens is 1. The lowest BCUT2D eigenvalue weighted by Gasteiger charge is -2.14. The smallest absolute Gasteiger partial charge is 0.324 e. The zero-order valence-corrected chi connectivity index (χ0v) is 23.7. The summed E-state index contributed by atoms with van der Waals surface area (Å²) >= 11 is 7.90. The molecule has 5 aromatic rings. The minimum Gasteiger partial charge on any atom is -0.455 e. The second kappa shape index (κ2) is 11.0. The summed E-state index contributed by atoms with van der Waals surface area (Å²) in [5.41, 5.74) is 2.22. The van der Waals surface area contributed by atoms with Crippen LogP contribution in [-0.2, 0) is 5.41 Å². The Morgan fingerprint density at radius 2 is 1.88 bits per heavy atom. The summed E-state index contributed by atoms with van der Waals surface area (Å²) in [4.78, 5) is 36.4. The van der Waals surface area contributed by atoms with Gasteiger partial charge in [-0.2, -0.15) is 5.10 Å². The van der Waals surface area contributed by atoms with E-state index >= 15 is 0 Å². The number of amides is 2. The highest BCUT2D eigenvalue weighted by molar-refractivity contribution is 7.98. The highest BCUT2D eigenvalue weighted by atomic mass is 35.5. The molecule has 0 bridgehead atoms. The predicted octanol–water partition coefficient (Wildman–Crippen LogP) is 6.61. The van der Waals surface area contributed by atoms with E-state index in [9.17, 15) is 9.59 Å². The Labute approximate surface area is 239 Å². The number of urea groups is 1. The van der Waals surface area contributed by atoms with Gasteiger partial charge in [0.25, 0.3) is 5.56 Å². The van der Waals surface area contributed by atoms with E-state index in [1.807, 2.05) is 36.6 Å². The molecule has 0 fully saturated rings. The zero-order chi connectivity index (χ0) is 28.4. The van der Waals surface area contributed by atoms with Crippen LogP contribution in [0.15, 0.2) is 76.7 Å². The molecule has 0 saturated heterocycles. The third kappa shape index (κ3) is 5.80. The van der Waals surface area contributed by atoms with E-state index < -0.39 is 6.03 Å². The molecule has 3 aromatic heterocycles. The maximum Gasteiger partial charge on any atom is 0.324 e. The summed E-state index contributed by atoms with van der Waals surface area (Å²) in [6, 6.07) is 15.7. The Bertz CT molecular complexity index is 1780. The minimum absolute atomic E-state index is 0.244. The number of ether oxygens (including phenoxy) is 1. The molecule has 3 heterocycles. The van der Waals surface area contributed by atoms with Crippen LogP contribution in [0.25, 0.3) is 16.9 Å². The molecule has 5 rings (SSSR count). The van der Waals surface area contributed by atoms with Gasteiger partial charge in [0.15, 0.2) is 11.4 Å². The molecule has 12 heteroatoms. The van der Waals surface area contributed by atoms with Crippen molar-refractivity contribution in [2.24, 2.45) is 0 Å². The highest BCUT2D eigenvalue weighted by Crippen LogP contribution is 2.34. The van der Waals surface area contributed by atoms with Gasteiger partial charge in [-0.25, -0.2) is 19.4 Å². The van der Waals surface area contributed by atoms with E-state index in [-0.39, 0.29) is 11.0 Å². The molecule has 0 spiro atoms. The molecule has 10 nitrogen and oxygen atoms in total. The van der Waals surface area contributed by atoms with Crippen LogP contribution in [0.3, 0.4) is 0 Å². The standard InChI is InChI=1S/C28H26ClN7O3S/c1-28(2,3)22-14-23(36(35-22)19-8-6-5-7-17(19)29)33-27(38)32-18-10-9-16(13-21(18)40-4)39-20-11-12-30-26-25(20)31-15-24(37)34-26/h5-15H,1-4H3,(H,30,34,37)(H2,32,33,38). The van der Waals surface area contributed by atoms with Gasteiger partial charge in [-0.05, 0) is 36.6 Å². The zero-order valence-electron chi connectivity index (χ0n) is 22.2. The number of aromatic amines is 1. The van der Waals surface area contributed by atoms with Crippen LogP contribution in [-0.4, -0.2) is 37.0 Å². The number of rotatable bonds is 6. The van der Waals surface area contributed by atoms with Crippen LogP contribution in [0.5, 0.6) is 11.5 Å². The molecule has 0 saturated carbocycles. The molecule has 40 heavy (non-hydrogen) atoms. The molecule has 0 atom stereocenters. The third-order valence-electron chi connectivity index (χ3n) is 5.89. The number of aromatic nitrogens is 5. The summed E-state index contributed by atoms with van der Waals surface area (Å²) in [7, 11) is 0. The first-order valence-corrected chi connectivity index (χ1v) is 13.9. The SMILES string of the molecule is CSc1cc(Oc2ccnc3[nH]c(=O)cnc23)ccc1NC(=O)Nc1cc(C(C)(C)C)nn1-c1ccccc1Cl. The van der Waals surface area contributed by atoms with E-state index in [2.05, 4.69) is 46.4 Å². The highest BCUT2D eigenvalue weighted by Gasteiger charge is 2.22. The second-order valence-electron chi connectivity index (χ2n) is 9.83. The molecular weight excluding hydrogens is 550 g/mol. The van der Waals surface area contributed by atoms with E-state index in [0.29, 0.717) is 44.9 Å². The van der Waals surface area contributed by atoms with Crippen LogP contribution < -0.4 is 20.9 Å². The molecule has 3 N–H and O–H groups in total. The van der Waals surface area contributed by atoms with Crippen molar-refractivity contribution in [2.75, 3.05) is 16.9 Å². The van der Waals surface area contributed by atoms with Crippen molar-refractivity contribution in [2.45, 2.75) is 31.1 Å². The van der Waals surface area contributed by atoms with E-state index in [0.717, 1.165) is 10.6 Å². The van der Waals surface area contributed by atoms with E-state index in [1.165, 1.54) is 24.2 Å². The first kappa shape index (κ1) is 27.2. The number of benzene rings is 2. The van der Waals surface area contributed by atoms with Gasteiger partial charge in [-0.15, -0.1) is 11.8 Å². The molecule has 0 aliphatic heterocycles. The van der Waals surface area contributed by atoms with Gasteiger partial charge < -0.3 is 15.0 Å². The van der Waals surface area contributed by atoms with Crippen molar-refractivity contribution in [1.29, 1.82) is 0 Å². The fraction of sp³-hybridized carbons (Fsp3) is 0.179. The van der Waals surface area contributed by atoms with Crippen molar-refractivity contribution >= 4 is 52.1 Å². The Morgan fingerprint density at radius 1 is 1.07 bits per heavy atom. The van der Waals surface area contributed by atoms with Gasteiger partial charge >= 0.3 is 6.03 Å². The number of hydrogen-bond acceptors (Lipinski definition) is 7. The average molecular weight is 576 g/mol. The Morgan fingerprint density at radius 3 is 2.62 bits per heavy atom. The summed E-state index contributed by atoms with van der Waals surface area (Å²) in [6.45, 7) is 6.15. The number of para-hydroxylation sites is 1. The summed E-state index contributed by atoms with van der Waals surface area (Å²) in [6.07, 6.45) is 4.61. The summed E-state index contributed by atoms with van der Waals surface area (Å²) in [5, 5.41) is 11.1. The molecule has 204 valence electrons. The number of thioether (sulfide) groups is 1. The molecule has 0 unspecified atom stereocenters. The number of nitrogens with one attached hydrogen (secondary N) is 3. The fourth-order valence-electron chi connectivity index (χ4n) is 3.89. The molecule has 0 aliphatic carbocycles. The summed E-state index contributed by atoms with van der Waals surface area (Å²) in [5.74, 6) is 1.45. The Kier molecular flexibility index (Phi) is 7.51. The van der Waals surface area contributed by atoms with Gasteiger partial charge in [-0.1, -0.05) is 44.5 Å². The lowest BCUT2D eigenvalue weighted by atomic mass is 9.92. The van der Waals surface area contributed by atoms with Crippen molar-refractivity contribution < 1.29 is 9.53 Å².